The Bertz CT molecular complexity index is 494. The molecule has 0 amide bonds. The van der Waals surface area contributed by atoms with Gasteiger partial charge in [0.25, 0.3) is 0 Å². The Morgan fingerprint density at radius 1 is 1.25 bits per heavy atom. The third-order valence-electron chi connectivity index (χ3n) is 2.35. The number of hydrogen-bond acceptors (Lipinski definition) is 3. The fourth-order valence-corrected chi connectivity index (χ4v) is 1.46. The summed E-state index contributed by atoms with van der Waals surface area (Å²) in [5.74, 6) is 0.516. The summed E-state index contributed by atoms with van der Waals surface area (Å²) < 4.78 is 1.94. The van der Waals surface area contributed by atoms with Gasteiger partial charge in [-0.05, 0) is 39.0 Å². The van der Waals surface area contributed by atoms with Gasteiger partial charge in [-0.3, -0.25) is 4.68 Å². The SMILES string of the molecule is CC(C)(C)n1ccc(-c2ccnc(N)c2)n1. The molecule has 0 aromatic carbocycles. The van der Waals surface area contributed by atoms with Crippen LogP contribution in [0.4, 0.5) is 5.82 Å². The maximum atomic E-state index is 5.64. The monoisotopic (exact) mass is 216 g/mol. The third kappa shape index (κ3) is 2.05. The van der Waals surface area contributed by atoms with Gasteiger partial charge in [0.1, 0.15) is 5.82 Å². The Morgan fingerprint density at radius 2 is 2.00 bits per heavy atom. The lowest BCUT2D eigenvalue weighted by atomic mass is 10.1. The zero-order chi connectivity index (χ0) is 11.8. The predicted molar refractivity (Wildman–Crippen MR) is 64.9 cm³/mol. The molecule has 0 aliphatic rings. The Kier molecular flexibility index (Phi) is 2.42. The van der Waals surface area contributed by atoms with E-state index >= 15 is 0 Å². The predicted octanol–water partition coefficient (Wildman–Crippen LogP) is 2.28. The molecule has 0 radical (unpaired) electrons. The number of anilines is 1. The van der Waals surface area contributed by atoms with Crippen molar-refractivity contribution in [2.24, 2.45) is 0 Å². The van der Waals surface area contributed by atoms with Crippen LogP contribution in [-0.2, 0) is 5.54 Å². The van der Waals surface area contributed by atoms with Crippen LogP contribution < -0.4 is 5.73 Å². The Hall–Kier alpha value is -1.84. The van der Waals surface area contributed by atoms with Crippen LogP contribution in [-0.4, -0.2) is 14.8 Å². The van der Waals surface area contributed by atoms with Crippen molar-refractivity contribution in [3.8, 4) is 11.3 Å². The molecular weight excluding hydrogens is 200 g/mol. The number of pyridine rings is 1. The molecule has 0 fully saturated rings. The van der Waals surface area contributed by atoms with Crippen molar-refractivity contribution in [2.45, 2.75) is 26.3 Å². The van der Waals surface area contributed by atoms with Crippen LogP contribution in [0.3, 0.4) is 0 Å². The van der Waals surface area contributed by atoms with E-state index in [2.05, 4.69) is 30.9 Å². The highest BCUT2D eigenvalue weighted by Crippen LogP contribution is 2.20. The first kappa shape index (κ1) is 10.7. The molecule has 0 saturated carbocycles. The molecule has 4 heteroatoms. The highest BCUT2D eigenvalue weighted by atomic mass is 15.3. The third-order valence-corrected chi connectivity index (χ3v) is 2.35. The number of nitrogens with zero attached hydrogens (tertiary/aromatic N) is 3. The zero-order valence-electron chi connectivity index (χ0n) is 9.81. The summed E-state index contributed by atoms with van der Waals surface area (Å²) in [6.45, 7) is 6.35. The normalized spacial score (nSPS) is 11.7. The molecule has 2 aromatic rings. The minimum atomic E-state index is -0.00315. The molecule has 2 aromatic heterocycles. The lowest BCUT2D eigenvalue weighted by Gasteiger charge is -2.18. The number of aromatic nitrogens is 3. The van der Waals surface area contributed by atoms with Gasteiger partial charge < -0.3 is 5.73 Å². The van der Waals surface area contributed by atoms with E-state index in [0.29, 0.717) is 5.82 Å². The first-order valence-electron chi connectivity index (χ1n) is 5.25. The first-order chi connectivity index (χ1) is 7.47. The van der Waals surface area contributed by atoms with Crippen molar-refractivity contribution in [3.05, 3.63) is 30.6 Å². The van der Waals surface area contributed by atoms with E-state index in [-0.39, 0.29) is 5.54 Å². The van der Waals surface area contributed by atoms with Crippen LogP contribution in [0, 0.1) is 0 Å². The van der Waals surface area contributed by atoms with Crippen molar-refractivity contribution >= 4 is 5.82 Å². The second-order valence-corrected chi connectivity index (χ2v) is 4.79. The van der Waals surface area contributed by atoms with E-state index in [9.17, 15) is 0 Å². The molecule has 16 heavy (non-hydrogen) atoms. The van der Waals surface area contributed by atoms with E-state index in [0.717, 1.165) is 11.3 Å². The van der Waals surface area contributed by atoms with Crippen molar-refractivity contribution in [3.63, 3.8) is 0 Å². The van der Waals surface area contributed by atoms with Gasteiger partial charge in [0.05, 0.1) is 11.2 Å². The standard InChI is InChI=1S/C12H16N4/c1-12(2,3)16-7-5-10(15-16)9-4-6-14-11(13)8-9/h4-8H,1-3H3,(H2,13,14). The first-order valence-corrected chi connectivity index (χ1v) is 5.25. The van der Waals surface area contributed by atoms with Gasteiger partial charge in [-0.25, -0.2) is 4.98 Å². The molecule has 0 spiro atoms. The van der Waals surface area contributed by atoms with Crippen LogP contribution in [0.1, 0.15) is 20.8 Å². The second kappa shape index (κ2) is 3.63. The maximum absolute atomic E-state index is 5.64. The molecule has 0 saturated heterocycles. The molecule has 0 aliphatic heterocycles. The lowest BCUT2D eigenvalue weighted by Crippen LogP contribution is -2.22. The van der Waals surface area contributed by atoms with Gasteiger partial charge in [0, 0.05) is 18.0 Å². The molecule has 2 rings (SSSR count). The molecule has 0 bridgehead atoms. The van der Waals surface area contributed by atoms with Gasteiger partial charge in [-0.15, -0.1) is 0 Å². The van der Waals surface area contributed by atoms with Gasteiger partial charge in [-0.1, -0.05) is 0 Å². The summed E-state index contributed by atoms with van der Waals surface area (Å²) in [4.78, 5) is 3.96. The molecule has 2 heterocycles. The molecular formula is C12H16N4. The molecule has 2 N–H and O–H groups in total. The van der Waals surface area contributed by atoms with Crippen molar-refractivity contribution in [1.82, 2.24) is 14.8 Å². The number of rotatable bonds is 1. The van der Waals surface area contributed by atoms with Crippen molar-refractivity contribution in [1.29, 1.82) is 0 Å². The maximum Gasteiger partial charge on any atom is 0.123 e. The summed E-state index contributed by atoms with van der Waals surface area (Å²) in [5.41, 5.74) is 7.56. The van der Waals surface area contributed by atoms with Crippen molar-refractivity contribution in [2.75, 3.05) is 5.73 Å². The van der Waals surface area contributed by atoms with Gasteiger partial charge in [0.2, 0.25) is 0 Å². The summed E-state index contributed by atoms with van der Waals surface area (Å²) in [7, 11) is 0. The highest BCUT2D eigenvalue weighted by molar-refractivity contribution is 5.61. The van der Waals surface area contributed by atoms with E-state index in [4.69, 9.17) is 5.73 Å². The van der Waals surface area contributed by atoms with E-state index in [1.807, 2.05) is 29.1 Å². The van der Waals surface area contributed by atoms with E-state index in [1.165, 1.54) is 0 Å². The quantitative estimate of drug-likeness (QED) is 0.795. The highest BCUT2D eigenvalue weighted by Gasteiger charge is 2.14. The molecule has 84 valence electrons. The van der Waals surface area contributed by atoms with Gasteiger partial charge in [0.15, 0.2) is 0 Å². The van der Waals surface area contributed by atoms with Crippen LogP contribution in [0.25, 0.3) is 11.3 Å². The molecule has 0 atom stereocenters. The summed E-state index contributed by atoms with van der Waals surface area (Å²) in [5, 5.41) is 4.53. The van der Waals surface area contributed by atoms with Crippen molar-refractivity contribution < 1.29 is 0 Å². The Labute approximate surface area is 95.1 Å². The molecule has 4 nitrogen and oxygen atoms in total. The van der Waals surface area contributed by atoms with E-state index < -0.39 is 0 Å². The van der Waals surface area contributed by atoms with Crippen LogP contribution in [0.5, 0.6) is 0 Å². The second-order valence-electron chi connectivity index (χ2n) is 4.79. The largest absolute Gasteiger partial charge is 0.384 e. The number of nitrogen functional groups attached to an aromatic ring is 1. The molecule has 0 aliphatic carbocycles. The summed E-state index contributed by atoms with van der Waals surface area (Å²) in [6, 6.07) is 5.72. The molecule has 0 unspecified atom stereocenters. The van der Waals surface area contributed by atoms with Crippen LogP contribution in [0.15, 0.2) is 30.6 Å². The topological polar surface area (TPSA) is 56.7 Å². The smallest absolute Gasteiger partial charge is 0.123 e. The zero-order valence-corrected chi connectivity index (χ0v) is 9.81. The Morgan fingerprint density at radius 3 is 2.56 bits per heavy atom. The Balaban J connectivity index is 2.39. The fraction of sp³-hybridized carbons (Fsp3) is 0.333. The lowest BCUT2D eigenvalue weighted by molar-refractivity contribution is 0.356. The van der Waals surface area contributed by atoms with Gasteiger partial charge >= 0.3 is 0 Å². The average molecular weight is 216 g/mol. The van der Waals surface area contributed by atoms with E-state index in [1.54, 1.807) is 6.20 Å². The van der Waals surface area contributed by atoms with Crippen LogP contribution >= 0.6 is 0 Å². The number of hydrogen-bond donors (Lipinski definition) is 1. The van der Waals surface area contributed by atoms with Crippen LogP contribution in [0.2, 0.25) is 0 Å². The minimum Gasteiger partial charge on any atom is -0.384 e. The van der Waals surface area contributed by atoms with Gasteiger partial charge in [-0.2, -0.15) is 5.10 Å². The summed E-state index contributed by atoms with van der Waals surface area (Å²) in [6.07, 6.45) is 3.67. The summed E-state index contributed by atoms with van der Waals surface area (Å²) >= 11 is 0. The average Bonchev–Trinajstić information content (AvgIpc) is 2.65. The fourth-order valence-electron chi connectivity index (χ4n) is 1.46. The number of nitrogens with two attached hydrogens (primary N) is 1. The minimum absolute atomic E-state index is 0.00315.